The number of nitrogens with zero attached hydrogens (tertiary/aromatic N) is 1. The summed E-state index contributed by atoms with van der Waals surface area (Å²) < 4.78 is 8.70. The average Bonchev–Trinajstić information content (AvgIpc) is 2.92. The molecule has 2 heterocycles. The third-order valence-corrected chi connectivity index (χ3v) is 3.73. The zero-order valence-corrected chi connectivity index (χ0v) is 11.3. The van der Waals surface area contributed by atoms with E-state index in [1.54, 1.807) is 0 Å². The second-order valence-corrected chi connectivity index (χ2v) is 5.29. The summed E-state index contributed by atoms with van der Waals surface area (Å²) >= 11 is 5.41. The molecular weight excluding hydrogens is 244 g/mol. The van der Waals surface area contributed by atoms with Crippen LogP contribution in [0.1, 0.15) is 37.1 Å². The molecule has 0 saturated heterocycles. The van der Waals surface area contributed by atoms with E-state index >= 15 is 0 Å². The summed E-state index contributed by atoms with van der Waals surface area (Å²) in [5, 5.41) is 0. The van der Waals surface area contributed by atoms with Gasteiger partial charge in [0.2, 0.25) is 0 Å². The number of imidazole rings is 1. The van der Waals surface area contributed by atoms with Crippen molar-refractivity contribution in [3.63, 3.8) is 0 Å². The standard InChI is InChI=1S/C14H16N2OS/c1-9(2)11-7-15-14(18)16(11)12-8-17-13-6-4-3-5-10(12)13/h3-7,9,12H,8H2,1-2H3,(H,15,18). The third-order valence-electron chi connectivity index (χ3n) is 3.42. The molecular formula is C14H16N2OS. The maximum atomic E-state index is 5.74. The highest BCUT2D eigenvalue weighted by atomic mass is 32.1. The van der Waals surface area contributed by atoms with Gasteiger partial charge in [0.1, 0.15) is 12.4 Å². The maximum Gasteiger partial charge on any atom is 0.178 e. The molecule has 1 atom stereocenters. The van der Waals surface area contributed by atoms with E-state index in [-0.39, 0.29) is 6.04 Å². The molecule has 0 fully saturated rings. The molecule has 0 saturated carbocycles. The van der Waals surface area contributed by atoms with Crippen molar-refractivity contribution in [3.05, 3.63) is 46.5 Å². The second kappa shape index (κ2) is 4.28. The molecule has 1 unspecified atom stereocenters. The number of aromatic amines is 1. The van der Waals surface area contributed by atoms with Crippen LogP contribution in [0.5, 0.6) is 5.75 Å². The molecule has 2 aromatic rings. The number of para-hydroxylation sites is 1. The number of hydrogen-bond donors (Lipinski definition) is 1. The van der Waals surface area contributed by atoms with Gasteiger partial charge in [0.15, 0.2) is 4.77 Å². The molecule has 3 rings (SSSR count). The Bertz CT molecular complexity index is 627. The molecule has 0 aliphatic carbocycles. The van der Waals surface area contributed by atoms with Crippen molar-refractivity contribution in [2.75, 3.05) is 6.61 Å². The minimum Gasteiger partial charge on any atom is -0.491 e. The van der Waals surface area contributed by atoms with E-state index in [1.165, 1.54) is 11.3 Å². The number of ether oxygens (including phenoxy) is 1. The van der Waals surface area contributed by atoms with Crippen LogP contribution in [-0.2, 0) is 0 Å². The highest BCUT2D eigenvalue weighted by Crippen LogP contribution is 2.36. The van der Waals surface area contributed by atoms with Crippen LogP contribution in [0.15, 0.2) is 30.5 Å². The minimum absolute atomic E-state index is 0.192. The molecule has 0 radical (unpaired) electrons. The zero-order valence-electron chi connectivity index (χ0n) is 10.5. The van der Waals surface area contributed by atoms with Crippen molar-refractivity contribution in [3.8, 4) is 5.75 Å². The molecule has 1 aliphatic heterocycles. The molecule has 0 spiro atoms. The van der Waals surface area contributed by atoms with Gasteiger partial charge in [0.25, 0.3) is 0 Å². The minimum atomic E-state index is 0.192. The lowest BCUT2D eigenvalue weighted by molar-refractivity contribution is 0.312. The summed E-state index contributed by atoms with van der Waals surface area (Å²) in [4.78, 5) is 3.15. The number of benzene rings is 1. The van der Waals surface area contributed by atoms with Crippen molar-refractivity contribution in [2.45, 2.75) is 25.8 Å². The molecule has 0 amide bonds. The molecule has 0 bridgehead atoms. The molecule has 3 nitrogen and oxygen atoms in total. The van der Waals surface area contributed by atoms with Gasteiger partial charge < -0.3 is 14.3 Å². The Kier molecular flexibility index (Phi) is 2.74. The lowest BCUT2D eigenvalue weighted by atomic mass is 10.1. The van der Waals surface area contributed by atoms with Gasteiger partial charge in [-0.3, -0.25) is 0 Å². The van der Waals surface area contributed by atoms with Gasteiger partial charge in [-0.2, -0.15) is 0 Å². The van der Waals surface area contributed by atoms with E-state index in [4.69, 9.17) is 17.0 Å². The van der Waals surface area contributed by atoms with Crippen molar-refractivity contribution < 1.29 is 4.74 Å². The van der Waals surface area contributed by atoms with Crippen LogP contribution in [0.25, 0.3) is 0 Å². The van der Waals surface area contributed by atoms with Crippen molar-refractivity contribution in [2.24, 2.45) is 0 Å². The van der Waals surface area contributed by atoms with Gasteiger partial charge >= 0.3 is 0 Å². The summed E-state index contributed by atoms with van der Waals surface area (Å²) in [6, 6.07) is 8.37. The molecule has 94 valence electrons. The number of rotatable bonds is 2. The van der Waals surface area contributed by atoms with Crippen LogP contribution >= 0.6 is 12.2 Å². The quantitative estimate of drug-likeness (QED) is 0.835. The first-order chi connectivity index (χ1) is 8.68. The fourth-order valence-corrected chi connectivity index (χ4v) is 2.81. The zero-order chi connectivity index (χ0) is 12.7. The van der Waals surface area contributed by atoms with Gasteiger partial charge in [-0.15, -0.1) is 0 Å². The summed E-state index contributed by atoms with van der Waals surface area (Å²) in [6.45, 7) is 5.01. The van der Waals surface area contributed by atoms with E-state index in [9.17, 15) is 0 Å². The SMILES string of the molecule is CC(C)c1c[nH]c(=S)n1C1COc2ccccc21. The topological polar surface area (TPSA) is 29.9 Å². The van der Waals surface area contributed by atoms with Gasteiger partial charge in [0.05, 0.1) is 6.04 Å². The Balaban J connectivity index is 2.13. The van der Waals surface area contributed by atoms with Crippen molar-refractivity contribution in [1.29, 1.82) is 0 Å². The number of fused-ring (bicyclic) bond motifs is 1. The fourth-order valence-electron chi connectivity index (χ4n) is 2.52. The van der Waals surface area contributed by atoms with Crippen molar-refractivity contribution >= 4 is 12.2 Å². The molecule has 18 heavy (non-hydrogen) atoms. The smallest absolute Gasteiger partial charge is 0.178 e. The van der Waals surface area contributed by atoms with Crippen LogP contribution in [0.3, 0.4) is 0 Å². The first-order valence-corrected chi connectivity index (χ1v) is 6.61. The number of H-pyrrole nitrogens is 1. The van der Waals surface area contributed by atoms with Crippen LogP contribution in [0, 0.1) is 4.77 Å². The molecule has 1 aromatic heterocycles. The van der Waals surface area contributed by atoms with Gasteiger partial charge in [-0.25, -0.2) is 0 Å². The lowest BCUT2D eigenvalue weighted by Gasteiger charge is -2.16. The predicted octanol–water partition coefficient (Wildman–Crippen LogP) is 3.65. The van der Waals surface area contributed by atoms with Crippen molar-refractivity contribution in [1.82, 2.24) is 9.55 Å². The van der Waals surface area contributed by atoms with Crippen LogP contribution in [0.2, 0.25) is 0 Å². The molecule has 1 aliphatic rings. The normalized spacial score (nSPS) is 17.8. The second-order valence-electron chi connectivity index (χ2n) is 4.91. The Morgan fingerprint density at radius 1 is 1.39 bits per heavy atom. The monoisotopic (exact) mass is 260 g/mol. The van der Waals surface area contributed by atoms with E-state index < -0.39 is 0 Å². The molecule has 1 N–H and O–H groups in total. The number of nitrogens with one attached hydrogen (secondary N) is 1. The Morgan fingerprint density at radius 3 is 2.94 bits per heavy atom. The molecule has 1 aromatic carbocycles. The summed E-state index contributed by atoms with van der Waals surface area (Å²) in [5.74, 6) is 1.41. The largest absolute Gasteiger partial charge is 0.491 e. The summed E-state index contributed by atoms with van der Waals surface area (Å²) in [6.07, 6.45) is 2.01. The maximum absolute atomic E-state index is 5.74. The van der Waals surface area contributed by atoms with Gasteiger partial charge in [0, 0.05) is 17.5 Å². The van der Waals surface area contributed by atoms with E-state index in [0.717, 1.165) is 10.5 Å². The Morgan fingerprint density at radius 2 is 2.17 bits per heavy atom. The first-order valence-electron chi connectivity index (χ1n) is 6.20. The van der Waals surface area contributed by atoms with Crippen LogP contribution in [0.4, 0.5) is 0 Å². The number of hydrogen-bond acceptors (Lipinski definition) is 2. The highest BCUT2D eigenvalue weighted by molar-refractivity contribution is 7.71. The van der Waals surface area contributed by atoms with Gasteiger partial charge in [-0.05, 0) is 24.2 Å². The van der Waals surface area contributed by atoms with E-state index in [0.29, 0.717) is 12.5 Å². The number of aromatic nitrogens is 2. The third kappa shape index (κ3) is 1.68. The lowest BCUT2D eigenvalue weighted by Crippen LogP contribution is -2.15. The van der Waals surface area contributed by atoms with Crippen LogP contribution in [-0.4, -0.2) is 16.2 Å². The fraction of sp³-hybridized carbons (Fsp3) is 0.357. The predicted molar refractivity (Wildman–Crippen MR) is 73.8 cm³/mol. The summed E-state index contributed by atoms with van der Waals surface area (Å²) in [7, 11) is 0. The first kappa shape index (κ1) is 11.5. The Hall–Kier alpha value is -1.55. The molecule has 4 heteroatoms. The van der Waals surface area contributed by atoms with Crippen LogP contribution < -0.4 is 4.74 Å². The van der Waals surface area contributed by atoms with E-state index in [1.807, 2.05) is 24.4 Å². The Labute approximate surface area is 111 Å². The highest BCUT2D eigenvalue weighted by Gasteiger charge is 2.27. The van der Waals surface area contributed by atoms with E-state index in [2.05, 4.69) is 29.5 Å². The van der Waals surface area contributed by atoms with Gasteiger partial charge in [-0.1, -0.05) is 32.0 Å². The summed E-state index contributed by atoms with van der Waals surface area (Å²) in [5.41, 5.74) is 2.44. The average molecular weight is 260 g/mol.